The van der Waals surface area contributed by atoms with Crippen molar-refractivity contribution in [1.82, 2.24) is 0 Å². The third-order valence-electron chi connectivity index (χ3n) is 19.9. The van der Waals surface area contributed by atoms with Gasteiger partial charge in [0.1, 0.15) is 30.5 Å². The highest BCUT2D eigenvalue weighted by molar-refractivity contribution is 6.74. The lowest BCUT2D eigenvalue weighted by Crippen LogP contribution is -2.62. The van der Waals surface area contributed by atoms with E-state index in [1.54, 1.807) is 7.11 Å². The Bertz CT molecular complexity index is 1820. The fourth-order valence-electron chi connectivity index (χ4n) is 14.3. The summed E-state index contributed by atoms with van der Waals surface area (Å²) in [6.45, 7) is 36.5. The molecule has 10 unspecified atom stereocenters. The first-order valence-corrected chi connectivity index (χ1v) is 37.3. The molecule has 74 heavy (non-hydrogen) atoms. The van der Waals surface area contributed by atoms with E-state index in [1.807, 2.05) is 6.08 Å². The van der Waals surface area contributed by atoms with Gasteiger partial charge in [0.05, 0.1) is 81.2 Å². The predicted molar refractivity (Wildman–Crippen MR) is 298 cm³/mol. The average molecular weight is 1090 g/mol. The van der Waals surface area contributed by atoms with Crippen molar-refractivity contribution in [3.8, 4) is 0 Å². The van der Waals surface area contributed by atoms with Crippen molar-refractivity contribution in [3.05, 3.63) is 37.0 Å². The minimum absolute atomic E-state index is 0.0147. The van der Waals surface area contributed by atoms with Crippen molar-refractivity contribution in [2.45, 2.75) is 292 Å². The number of rotatable bonds is 31. The molecule has 0 radical (unpaired) electrons. The van der Waals surface area contributed by atoms with E-state index in [0.29, 0.717) is 38.7 Å². The summed E-state index contributed by atoms with van der Waals surface area (Å²) >= 11 is 0. The summed E-state index contributed by atoms with van der Waals surface area (Å²) in [6.07, 6.45) is 7.09. The lowest BCUT2D eigenvalue weighted by Gasteiger charge is -2.47. The minimum atomic E-state index is -2.01. The molecule has 0 aromatic heterocycles. The normalized spacial score (nSPS) is 37.5. The van der Waals surface area contributed by atoms with Crippen LogP contribution in [0.3, 0.4) is 0 Å². The maximum absolute atomic E-state index is 13.1. The summed E-state index contributed by atoms with van der Waals surface area (Å²) in [7, 11) is -2.71. The quantitative estimate of drug-likeness (QED) is 0.0371. The number of carbonyl (C=O) groups is 1. The Kier molecular flexibility index (Phi) is 21.6. The molecule has 8 heterocycles. The standard InChI is InChI=1S/C58H102O13Si3/c1-16-26-46-54(71-74(23-8,24-9)25-10)57-56-55(66-46)53-50(67-56)36-58(68-53,69-57)30-29-42-32-39(12)45(63-42)28-27-41-31-38(11)40(13)47(64-41)35-48-44(34-51(59)60-14)52(61-15)49(65-48)33-43(70-73(20-5,21-6)22-7)37-62-72(17-2,18-3)19-4/h16,38,41-50,52-57H,1,12-13,17-37H2,2-11,14-15H3/t38?,41?,42?,43?,44?,45-,46-,47?,48-,49+,50+,52+,53?,54?,55-,56?,57?,58-/m0/s1. The van der Waals surface area contributed by atoms with Crippen LogP contribution < -0.4 is 0 Å². The van der Waals surface area contributed by atoms with E-state index in [0.717, 1.165) is 97.6 Å². The fraction of sp³-hybridized carbons (Fsp3) is 0.879. The van der Waals surface area contributed by atoms with Crippen molar-refractivity contribution >= 4 is 30.9 Å². The zero-order valence-corrected chi connectivity index (χ0v) is 51.2. The Hall–Kier alpha value is -1.10. The van der Waals surface area contributed by atoms with Gasteiger partial charge >= 0.3 is 5.97 Å². The largest absolute Gasteiger partial charge is 0.469 e. The average Bonchev–Trinajstić information content (AvgIpc) is 4.10. The molecule has 8 saturated heterocycles. The highest BCUT2D eigenvalue weighted by atomic mass is 28.4. The first-order chi connectivity index (χ1) is 35.5. The van der Waals surface area contributed by atoms with E-state index in [2.05, 4.69) is 89.0 Å². The van der Waals surface area contributed by atoms with E-state index < -0.39 is 30.7 Å². The maximum atomic E-state index is 13.1. The Morgan fingerprint density at radius 2 is 1.35 bits per heavy atom. The molecular formula is C58H102O13Si3. The van der Waals surface area contributed by atoms with Crippen molar-refractivity contribution in [3.63, 3.8) is 0 Å². The van der Waals surface area contributed by atoms with Crippen LogP contribution in [0.1, 0.15) is 140 Å². The van der Waals surface area contributed by atoms with Crippen molar-refractivity contribution in [2.75, 3.05) is 20.8 Å². The number of esters is 1. The molecule has 0 aromatic rings. The van der Waals surface area contributed by atoms with E-state index >= 15 is 0 Å². The highest BCUT2D eigenvalue weighted by Gasteiger charge is 2.68. The van der Waals surface area contributed by atoms with Crippen molar-refractivity contribution in [2.24, 2.45) is 11.8 Å². The van der Waals surface area contributed by atoms with Gasteiger partial charge in [0.2, 0.25) is 0 Å². The van der Waals surface area contributed by atoms with Gasteiger partial charge in [0, 0.05) is 38.7 Å². The molecular weight excluding hydrogens is 989 g/mol. The molecule has 0 N–H and O–H groups in total. The van der Waals surface area contributed by atoms with Gasteiger partial charge in [-0.2, -0.15) is 0 Å². The predicted octanol–water partition coefficient (Wildman–Crippen LogP) is 12.1. The van der Waals surface area contributed by atoms with Crippen LogP contribution >= 0.6 is 0 Å². The van der Waals surface area contributed by atoms with Crippen LogP contribution in [0.5, 0.6) is 0 Å². The molecule has 13 nitrogen and oxygen atoms in total. The number of carbonyl (C=O) groups excluding carboxylic acids is 1. The Labute approximate surface area is 450 Å². The maximum Gasteiger partial charge on any atom is 0.305 e. The van der Waals surface area contributed by atoms with E-state index in [4.69, 9.17) is 55.9 Å². The van der Waals surface area contributed by atoms with Gasteiger partial charge in [0.25, 0.3) is 0 Å². The zero-order valence-electron chi connectivity index (χ0n) is 48.2. The van der Waals surface area contributed by atoms with E-state index in [1.165, 1.54) is 7.11 Å². The molecule has 16 heteroatoms. The summed E-state index contributed by atoms with van der Waals surface area (Å²) in [6, 6.07) is 9.55. The number of ether oxygens (including phenoxy) is 9. The lowest BCUT2D eigenvalue weighted by atomic mass is 9.82. The minimum Gasteiger partial charge on any atom is -0.469 e. The van der Waals surface area contributed by atoms with Crippen LogP contribution in [0.2, 0.25) is 54.4 Å². The molecule has 8 aliphatic rings. The van der Waals surface area contributed by atoms with Crippen LogP contribution in [0, 0.1) is 11.8 Å². The van der Waals surface area contributed by atoms with Crippen molar-refractivity contribution in [1.29, 1.82) is 0 Å². The molecule has 0 aromatic carbocycles. The summed E-state index contributed by atoms with van der Waals surface area (Å²) in [5.41, 5.74) is 2.21. The number of hydrogen-bond acceptors (Lipinski definition) is 13. The van der Waals surface area contributed by atoms with E-state index in [-0.39, 0.29) is 116 Å². The second-order valence-electron chi connectivity index (χ2n) is 23.5. The van der Waals surface area contributed by atoms with Crippen molar-refractivity contribution < 1.29 is 60.7 Å². The lowest BCUT2D eigenvalue weighted by molar-refractivity contribution is -0.271. The molecule has 8 fully saturated rings. The molecule has 0 spiro atoms. The third kappa shape index (κ3) is 13.1. The number of methoxy groups -OCH3 is 2. The topological polar surface area (TPSA) is 128 Å². The van der Waals surface area contributed by atoms with Gasteiger partial charge in [-0.3, -0.25) is 4.79 Å². The Morgan fingerprint density at radius 1 is 0.716 bits per heavy atom. The van der Waals surface area contributed by atoms with Crippen LogP contribution in [0.25, 0.3) is 0 Å². The van der Waals surface area contributed by atoms with Gasteiger partial charge < -0.3 is 55.9 Å². The van der Waals surface area contributed by atoms with Crippen LogP contribution in [0.4, 0.5) is 0 Å². The Balaban J connectivity index is 0.980. The first-order valence-electron chi connectivity index (χ1n) is 29.7. The summed E-state index contributed by atoms with van der Waals surface area (Å²) in [4.78, 5) is 13.1. The van der Waals surface area contributed by atoms with Crippen LogP contribution in [0.15, 0.2) is 37.0 Å². The summed E-state index contributed by atoms with van der Waals surface area (Å²) in [5, 5.41) is 0. The third-order valence-corrected chi connectivity index (χ3v) is 33.8. The van der Waals surface area contributed by atoms with Gasteiger partial charge in [0.15, 0.2) is 30.7 Å². The molecule has 18 atom stereocenters. The van der Waals surface area contributed by atoms with Gasteiger partial charge in [-0.25, -0.2) is 0 Å². The van der Waals surface area contributed by atoms with Gasteiger partial charge in [-0.05, 0) is 110 Å². The molecule has 0 aliphatic carbocycles. The second-order valence-corrected chi connectivity index (χ2v) is 37.7. The highest BCUT2D eigenvalue weighted by Crippen LogP contribution is 2.54. The molecule has 6 bridgehead atoms. The molecule has 0 saturated carbocycles. The molecule has 8 aliphatic heterocycles. The smallest absolute Gasteiger partial charge is 0.305 e. The Morgan fingerprint density at radius 3 is 1.97 bits per heavy atom. The summed E-state index contributed by atoms with van der Waals surface area (Å²) < 4.78 is 81.7. The van der Waals surface area contributed by atoms with Crippen LogP contribution in [-0.4, -0.2) is 149 Å². The van der Waals surface area contributed by atoms with Gasteiger partial charge in [-0.15, -0.1) is 6.58 Å². The monoisotopic (exact) mass is 1090 g/mol. The molecule has 8 rings (SSSR count). The van der Waals surface area contributed by atoms with E-state index in [9.17, 15) is 4.79 Å². The summed E-state index contributed by atoms with van der Waals surface area (Å²) in [5.74, 6) is -1.00. The fourth-order valence-corrected chi connectivity index (χ4v) is 22.7. The SMILES string of the molecule is C=CC[C@@H]1O[C@@H]2C3O[C@@H]4C[C@](CCC5CC(=C)[C@H](CCC6CC(C)C(=C)C(C[C@@H]7O[C@H](CC(CO[Si](CC)(CC)CC)O[Si](CC)(CC)CC)[C@H](OC)C7CC(=O)OC)O6)O5)(OC3C1O[Si](CC)(CC)CC)OC24. The number of hydrogen-bond donors (Lipinski definition) is 0. The van der Waals surface area contributed by atoms with Gasteiger partial charge in [-0.1, -0.05) is 88.5 Å². The second kappa shape index (κ2) is 26.4. The molecule has 0 amide bonds. The zero-order chi connectivity index (χ0) is 53.6. The molecule has 424 valence electrons. The van der Waals surface area contributed by atoms with Crippen LogP contribution in [-0.2, 0) is 60.7 Å². The first kappa shape index (κ1) is 60.5.